The summed E-state index contributed by atoms with van der Waals surface area (Å²) < 4.78 is 39.6. The average Bonchev–Trinajstić information content (AvgIpc) is 2.85. The number of carbonyl (C=O) groups excluding carboxylic acids is 1. The predicted octanol–water partition coefficient (Wildman–Crippen LogP) is 6.47. The molecule has 0 atom stereocenters. The number of carbonyl (C=O) groups is 1. The van der Waals surface area contributed by atoms with Gasteiger partial charge in [0.2, 0.25) is 0 Å². The lowest BCUT2D eigenvalue weighted by atomic mass is 10.1. The number of ether oxygens (including phenoxy) is 2. The van der Waals surface area contributed by atoms with E-state index in [9.17, 15) is 13.2 Å². The van der Waals surface area contributed by atoms with E-state index in [4.69, 9.17) is 9.47 Å². The van der Waals surface area contributed by atoms with Crippen molar-refractivity contribution in [3.05, 3.63) is 76.8 Å². The van der Waals surface area contributed by atoms with Gasteiger partial charge in [-0.3, -0.25) is 9.52 Å². The minimum Gasteiger partial charge on any atom is -0.497 e. The minimum absolute atomic E-state index is 0.0740. The summed E-state index contributed by atoms with van der Waals surface area (Å²) in [6.45, 7) is 2.69. The van der Waals surface area contributed by atoms with E-state index >= 15 is 0 Å². The molecule has 0 bridgehead atoms. The SMILES string of the molecule is CCCCCCOc1ccc(Br)cc1C(=O)Nc1ccc(S(=O)(=O)Nc2ccc(OC)cc2)cc1. The molecule has 0 saturated carbocycles. The van der Waals surface area contributed by atoms with Gasteiger partial charge in [-0.1, -0.05) is 42.1 Å². The van der Waals surface area contributed by atoms with Crippen LogP contribution in [0.1, 0.15) is 43.0 Å². The van der Waals surface area contributed by atoms with E-state index in [-0.39, 0.29) is 10.8 Å². The van der Waals surface area contributed by atoms with E-state index < -0.39 is 10.0 Å². The highest BCUT2D eigenvalue weighted by molar-refractivity contribution is 9.10. The highest BCUT2D eigenvalue weighted by atomic mass is 79.9. The average molecular weight is 561 g/mol. The zero-order valence-electron chi connectivity index (χ0n) is 19.7. The number of amides is 1. The molecule has 0 unspecified atom stereocenters. The van der Waals surface area contributed by atoms with Crippen LogP contribution in [0.3, 0.4) is 0 Å². The summed E-state index contributed by atoms with van der Waals surface area (Å²) in [7, 11) is -2.25. The molecule has 0 aliphatic carbocycles. The number of methoxy groups -OCH3 is 1. The van der Waals surface area contributed by atoms with Crippen molar-refractivity contribution in [1.29, 1.82) is 0 Å². The Hall–Kier alpha value is -3.04. The van der Waals surface area contributed by atoms with Crippen LogP contribution in [0.5, 0.6) is 11.5 Å². The van der Waals surface area contributed by atoms with Gasteiger partial charge < -0.3 is 14.8 Å². The Morgan fingerprint density at radius 2 is 1.60 bits per heavy atom. The van der Waals surface area contributed by atoms with Gasteiger partial charge in [0.15, 0.2) is 0 Å². The number of unbranched alkanes of at least 4 members (excludes halogenated alkanes) is 3. The second-order valence-corrected chi connectivity index (χ2v) is 10.5. The molecular formula is C26H29BrN2O5S. The van der Waals surface area contributed by atoms with Gasteiger partial charge in [0, 0.05) is 15.8 Å². The fourth-order valence-electron chi connectivity index (χ4n) is 3.31. The highest BCUT2D eigenvalue weighted by Crippen LogP contribution is 2.26. The maximum atomic E-state index is 12.9. The van der Waals surface area contributed by atoms with E-state index in [1.54, 1.807) is 55.6 Å². The molecule has 3 aromatic carbocycles. The van der Waals surface area contributed by atoms with Crippen molar-refractivity contribution in [1.82, 2.24) is 0 Å². The zero-order valence-corrected chi connectivity index (χ0v) is 22.1. The number of rotatable bonds is 12. The number of benzene rings is 3. The van der Waals surface area contributed by atoms with Crippen LogP contribution in [0, 0.1) is 0 Å². The van der Waals surface area contributed by atoms with Crippen molar-refractivity contribution in [2.24, 2.45) is 0 Å². The Kier molecular flexibility index (Phi) is 9.56. The Balaban J connectivity index is 1.67. The molecule has 0 aliphatic heterocycles. The zero-order chi connectivity index (χ0) is 25.3. The third-order valence-corrected chi connectivity index (χ3v) is 7.10. The second-order valence-electron chi connectivity index (χ2n) is 7.86. The lowest BCUT2D eigenvalue weighted by Crippen LogP contribution is -2.15. The van der Waals surface area contributed by atoms with Crippen LogP contribution in [-0.2, 0) is 10.0 Å². The molecule has 0 heterocycles. The molecule has 1 amide bonds. The molecule has 3 aromatic rings. The monoisotopic (exact) mass is 560 g/mol. The predicted molar refractivity (Wildman–Crippen MR) is 142 cm³/mol. The number of nitrogens with one attached hydrogen (secondary N) is 2. The maximum absolute atomic E-state index is 12.9. The molecule has 3 rings (SSSR count). The standard InChI is InChI=1S/C26H29BrN2O5S/c1-3-4-5-6-17-34-25-16-7-19(27)18-24(25)26(30)28-20-10-14-23(15-11-20)35(31,32)29-21-8-12-22(33-2)13-9-21/h7-16,18,29H,3-6,17H2,1-2H3,(H,28,30). The fraction of sp³-hybridized carbons (Fsp3) is 0.269. The number of anilines is 2. The van der Waals surface area contributed by atoms with E-state index in [1.165, 1.54) is 12.1 Å². The Labute approximate surface area is 215 Å². The first-order valence-corrected chi connectivity index (χ1v) is 13.6. The van der Waals surface area contributed by atoms with Crippen molar-refractivity contribution in [3.63, 3.8) is 0 Å². The Morgan fingerprint density at radius 1 is 0.914 bits per heavy atom. The summed E-state index contributed by atoms with van der Waals surface area (Å²) in [5.74, 6) is 0.787. The van der Waals surface area contributed by atoms with Crippen molar-refractivity contribution < 1.29 is 22.7 Å². The van der Waals surface area contributed by atoms with Crippen molar-refractivity contribution in [2.75, 3.05) is 23.8 Å². The first-order valence-electron chi connectivity index (χ1n) is 11.3. The largest absolute Gasteiger partial charge is 0.497 e. The van der Waals surface area contributed by atoms with Gasteiger partial charge in [-0.05, 0) is 73.2 Å². The summed E-state index contributed by atoms with van der Waals surface area (Å²) in [5.41, 5.74) is 1.28. The Morgan fingerprint density at radius 3 is 2.26 bits per heavy atom. The van der Waals surface area contributed by atoms with Crippen LogP contribution in [-0.4, -0.2) is 28.0 Å². The van der Waals surface area contributed by atoms with Gasteiger partial charge >= 0.3 is 0 Å². The molecule has 0 aliphatic rings. The fourth-order valence-corrected chi connectivity index (χ4v) is 4.73. The van der Waals surface area contributed by atoms with Gasteiger partial charge in [0.1, 0.15) is 11.5 Å². The van der Waals surface area contributed by atoms with Gasteiger partial charge in [0.25, 0.3) is 15.9 Å². The number of halogens is 1. The van der Waals surface area contributed by atoms with E-state index in [2.05, 4.69) is 32.9 Å². The summed E-state index contributed by atoms with van der Waals surface area (Å²) in [6, 6.07) is 17.8. The third-order valence-electron chi connectivity index (χ3n) is 5.21. The molecule has 0 saturated heterocycles. The van der Waals surface area contributed by atoms with Crippen molar-refractivity contribution in [2.45, 2.75) is 37.5 Å². The van der Waals surface area contributed by atoms with E-state index in [0.29, 0.717) is 35.0 Å². The summed E-state index contributed by atoms with van der Waals surface area (Å²) >= 11 is 3.40. The number of sulfonamides is 1. The van der Waals surface area contributed by atoms with Crippen LogP contribution < -0.4 is 19.5 Å². The molecule has 0 aromatic heterocycles. The second kappa shape index (κ2) is 12.6. The molecule has 0 radical (unpaired) electrons. The number of hydrogen-bond donors (Lipinski definition) is 2. The minimum atomic E-state index is -3.79. The molecule has 2 N–H and O–H groups in total. The molecule has 35 heavy (non-hydrogen) atoms. The molecule has 186 valence electrons. The lowest BCUT2D eigenvalue weighted by Gasteiger charge is -2.13. The van der Waals surface area contributed by atoms with Crippen molar-refractivity contribution >= 4 is 43.2 Å². The quantitative estimate of drug-likeness (QED) is 0.247. The van der Waals surface area contributed by atoms with Crippen LogP contribution >= 0.6 is 15.9 Å². The van der Waals surface area contributed by atoms with E-state index in [1.807, 2.05) is 6.07 Å². The van der Waals surface area contributed by atoms with Crippen molar-refractivity contribution in [3.8, 4) is 11.5 Å². The normalized spacial score (nSPS) is 11.1. The lowest BCUT2D eigenvalue weighted by molar-refractivity contribution is 0.102. The Bertz CT molecular complexity index is 1230. The first-order chi connectivity index (χ1) is 16.8. The number of hydrogen-bond acceptors (Lipinski definition) is 5. The van der Waals surface area contributed by atoms with Gasteiger partial charge in [-0.15, -0.1) is 0 Å². The van der Waals surface area contributed by atoms with Gasteiger partial charge in [-0.2, -0.15) is 0 Å². The van der Waals surface area contributed by atoms with Gasteiger partial charge in [0.05, 0.1) is 24.2 Å². The first kappa shape index (κ1) is 26.6. The summed E-state index contributed by atoms with van der Waals surface area (Å²) in [6.07, 6.45) is 4.30. The summed E-state index contributed by atoms with van der Waals surface area (Å²) in [4.78, 5) is 13.0. The maximum Gasteiger partial charge on any atom is 0.261 e. The topological polar surface area (TPSA) is 93.7 Å². The van der Waals surface area contributed by atoms with Gasteiger partial charge in [-0.25, -0.2) is 8.42 Å². The van der Waals surface area contributed by atoms with E-state index in [0.717, 1.165) is 30.2 Å². The molecular weight excluding hydrogens is 532 g/mol. The van der Waals surface area contributed by atoms with Crippen LogP contribution in [0.25, 0.3) is 0 Å². The smallest absolute Gasteiger partial charge is 0.261 e. The molecule has 7 nitrogen and oxygen atoms in total. The third kappa shape index (κ3) is 7.73. The highest BCUT2D eigenvalue weighted by Gasteiger charge is 2.17. The molecule has 0 spiro atoms. The molecule has 9 heteroatoms. The van der Waals surface area contributed by atoms with Crippen LogP contribution in [0.2, 0.25) is 0 Å². The van der Waals surface area contributed by atoms with Crippen LogP contribution in [0.4, 0.5) is 11.4 Å². The molecule has 0 fully saturated rings. The van der Waals surface area contributed by atoms with Crippen LogP contribution in [0.15, 0.2) is 76.1 Å². The summed E-state index contributed by atoms with van der Waals surface area (Å²) in [5, 5.41) is 2.81.